The summed E-state index contributed by atoms with van der Waals surface area (Å²) in [5.74, 6) is 0.326. The van der Waals surface area contributed by atoms with Gasteiger partial charge in [-0.25, -0.2) is 8.42 Å². The van der Waals surface area contributed by atoms with Crippen molar-refractivity contribution in [2.24, 2.45) is 0 Å². The summed E-state index contributed by atoms with van der Waals surface area (Å²) in [6, 6.07) is 6.10. The summed E-state index contributed by atoms with van der Waals surface area (Å²) in [5, 5.41) is 8.99. The molecule has 1 N–H and O–H groups in total. The maximum Gasteiger partial charge on any atom is 0.305 e. The Kier molecular flexibility index (Phi) is 6.28. The van der Waals surface area contributed by atoms with Crippen molar-refractivity contribution in [3.05, 3.63) is 29.8 Å². The Bertz CT molecular complexity index is 717. The van der Waals surface area contributed by atoms with E-state index < -0.39 is 15.8 Å². The topological polar surface area (TPSA) is 91.8 Å². The Morgan fingerprint density at radius 2 is 2.12 bits per heavy atom. The standard InChI is InChI=1S/C16H21NO5S2/c1-2-24(21,22)14-5-3-4-12(8-14)9-15(18)17-6-7-23-11-13(17)10-16(19)20/h3-5,8,13H,2,6-7,9-11H2,1H3,(H,19,20). The van der Waals surface area contributed by atoms with Gasteiger partial charge in [0.05, 0.1) is 29.5 Å². The number of carbonyl (C=O) groups excluding carboxylic acids is 1. The number of amides is 1. The molecule has 1 heterocycles. The maximum atomic E-state index is 12.6. The highest BCUT2D eigenvalue weighted by molar-refractivity contribution is 7.99. The number of benzene rings is 1. The minimum Gasteiger partial charge on any atom is -0.481 e. The van der Waals surface area contributed by atoms with E-state index in [0.717, 1.165) is 5.75 Å². The second kappa shape index (κ2) is 8.02. The van der Waals surface area contributed by atoms with Crippen molar-refractivity contribution in [1.82, 2.24) is 4.90 Å². The Balaban J connectivity index is 2.13. The van der Waals surface area contributed by atoms with Crippen molar-refractivity contribution in [3.8, 4) is 0 Å². The molecule has 1 aromatic carbocycles. The number of thioether (sulfide) groups is 1. The number of carbonyl (C=O) groups is 2. The van der Waals surface area contributed by atoms with Crippen LogP contribution in [0.2, 0.25) is 0 Å². The number of carboxylic acids is 1. The molecular formula is C16H21NO5S2. The lowest BCUT2D eigenvalue weighted by Crippen LogP contribution is -2.47. The van der Waals surface area contributed by atoms with Crippen molar-refractivity contribution in [2.45, 2.75) is 30.7 Å². The van der Waals surface area contributed by atoms with Crippen molar-refractivity contribution >= 4 is 33.5 Å². The van der Waals surface area contributed by atoms with Crippen LogP contribution in [-0.2, 0) is 25.8 Å². The first kappa shape index (κ1) is 18.8. The van der Waals surface area contributed by atoms with E-state index in [1.807, 2.05) is 0 Å². The number of aliphatic carboxylic acids is 1. The molecule has 0 saturated carbocycles. The van der Waals surface area contributed by atoms with Gasteiger partial charge in [-0.1, -0.05) is 19.1 Å². The fourth-order valence-electron chi connectivity index (χ4n) is 2.65. The monoisotopic (exact) mass is 371 g/mol. The molecule has 6 nitrogen and oxygen atoms in total. The first-order valence-corrected chi connectivity index (χ1v) is 10.5. The minimum absolute atomic E-state index is 0.00837. The van der Waals surface area contributed by atoms with Crippen LogP contribution in [-0.4, -0.2) is 60.1 Å². The van der Waals surface area contributed by atoms with Crippen LogP contribution in [0.25, 0.3) is 0 Å². The SMILES string of the molecule is CCS(=O)(=O)c1cccc(CC(=O)N2CCSCC2CC(=O)O)c1. The van der Waals surface area contributed by atoms with E-state index in [4.69, 9.17) is 5.11 Å². The summed E-state index contributed by atoms with van der Waals surface area (Å²) in [4.78, 5) is 25.4. The van der Waals surface area contributed by atoms with Crippen LogP contribution in [0.5, 0.6) is 0 Å². The predicted molar refractivity (Wildman–Crippen MR) is 93.0 cm³/mol. The summed E-state index contributed by atoms with van der Waals surface area (Å²) < 4.78 is 23.9. The van der Waals surface area contributed by atoms with Gasteiger partial charge in [0.15, 0.2) is 9.84 Å². The Morgan fingerprint density at radius 1 is 1.38 bits per heavy atom. The lowest BCUT2D eigenvalue weighted by Gasteiger charge is -2.34. The molecule has 1 aliphatic heterocycles. The third-order valence-corrected chi connectivity index (χ3v) is 6.78. The highest BCUT2D eigenvalue weighted by atomic mass is 32.2. The summed E-state index contributed by atoms with van der Waals surface area (Å²) in [6.07, 6.45) is 0.0108. The summed E-state index contributed by atoms with van der Waals surface area (Å²) in [5.41, 5.74) is 0.627. The van der Waals surface area contributed by atoms with Crippen molar-refractivity contribution in [1.29, 1.82) is 0 Å². The molecule has 1 fully saturated rings. The second-order valence-corrected chi connectivity index (χ2v) is 9.07. The number of hydrogen-bond acceptors (Lipinski definition) is 5. The zero-order valence-corrected chi connectivity index (χ0v) is 15.1. The van der Waals surface area contributed by atoms with E-state index in [0.29, 0.717) is 17.9 Å². The average Bonchev–Trinajstić information content (AvgIpc) is 2.55. The van der Waals surface area contributed by atoms with Crippen molar-refractivity contribution in [2.75, 3.05) is 23.8 Å². The van der Waals surface area contributed by atoms with Crippen LogP contribution >= 0.6 is 11.8 Å². The van der Waals surface area contributed by atoms with Gasteiger partial charge in [-0.15, -0.1) is 0 Å². The highest BCUT2D eigenvalue weighted by Gasteiger charge is 2.28. The Labute approximate surface area is 146 Å². The molecule has 2 rings (SSSR count). The van der Waals surface area contributed by atoms with Gasteiger partial charge < -0.3 is 10.0 Å². The van der Waals surface area contributed by atoms with Crippen LogP contribution in [0.3, 0.4) is 0 Å². The van der Waals surface area contributed by atoms with E-state index in [1.165, 1.54) is 12.1 Å². The molecule has 1 amide bonds. The quantitative estimate of drug-likeness (QED) is 0.814. The average molecular weight is 371 g/mol. The lowest BCUT2D eigenvalue weighted by atomic mass is 10.1. The van der Waals surface area contributed by atoms with Crippen LogP contribution in [0, 0.1) is 0 Å². The van der Waals surface area contributed by atoms with Crippen molar-refractivity contribution < 1.29 is 23.1 Å². The molecule has 1 aromatic rings. The van der Waals surface area contributed by atoms with Gasteiger partial charge in [0.25, 0.3) is 0 Å². The predicted octanol–water partition coefficient (Wildman–Crippen LogP) is 1.44. The molecule has 24 heavy (non-hydrogen) atoms. The van der Waals surface area contributed by atoms with Gasteiger partial charge in [-0.3, -0.25) is 9.59 Å². The van der Waals surface area contributed by atoms with Gasteiger partial charge in [-0.05, 0) is 17.7 Å². The molecule has 0 spiro atoms. The van der Waals surface area contributed by atoms with Crippen molar-refractivity contribution in [3.63, 3.8) is 0 Å². The maximum absolute atomic E-state index is 12.6. The fraction of sp³-hybridized carbons (Fsp3) is 0.500. The van der Waals surface area contributed by atoms with Crippen LogP contribution in [0.4, 0.5) is 0 Å². The zero-order valence-electron chi connectivity index (χ0n) is 13.5. The smallest absolute Gasteiger partial charge is 0.305 e. The van der Waals surface area contributed by atoms with E-state index in [2.05, 4.69) is 0 Å². The largest absolute Gasteiger partial charge is 0.481 e. The van der Waals surface area contributed by atoms with Gasteiger partial charge in [0.1, 0.15) is 0 Å². The normalized spacial score (nSPS) is 18.4. The first-order valence-electron chi connectivity index (χ1n) is 7.74. The van der Waals surface area contributed by atoms with Crippen LogP contribution < -0.4 is 0 Å². The highest BCUT2D eigenvalue weighted by Crippen LogP contribution is 2.21. The molecule has 1 atom stereocenters. The van der Waals surface area contributed by atoms with E-state index in [9.17, 15) is 18.0 Å². The second-order valence-electron chi connectivity index (χ2n) is 5.64. The molecule has 8 heteroatoms. The molecule has 0 radical (unpaired) electrons. The number of rotatable bonds is 6. The van der Waals surface area contributed by atoms with Crippen LogP contribution in [0.1, 0.15) is 18.9 Å². The molecule has 1 saturated heterocycles. The summed E-state index contributed by atoms with van der Waals surface area (Å²) in [7, 11) is -3.31. The summed E-state index contributed by atoms with van der Waals surface area (Å²) >= 11 is 1.64. The van der Waals surface area contributed by atoms with Gasteiger partial charge in [-0.2, -0.15) is 11.8 Å². The fourth-order valence-corrected chi connectivity index (χ4v) is 4.66. The molecule has 1 aliphatic rings. The van der Waals surface area contributed by atoms with Gasteiger partial charge in [0, 0.05) is 18.1 Å². The molecule has 132 valence electrons. The first-order chi connectivity index (χ1) is 11.3. The third kappa shape index (κ3) is 4.73. The van der Waals surface area contributed by atoms with Crippen LogP contribution in [0.15, 0.2) is 29.2 Å². The molecule has 1 unspecified atom stereocenters. The zero-order chi connectivity index (χ0) is 17.7. The number of carboxylic acid groups (broad SMARTS) is 1. The lowest BCUT2D eigenvalue weighted by molar-refractivity contribution is -0.140. The minimum atomic E-state index is -3.31. The van der Waals surface area contributed by atoms with Gasteiger partial charge in [0.2, 0.25) is 5.91 Å². The number of sulfone groups is 1. The molecule has 0 aromatic heterocycles. The molecule has 0 bridgehead atoms. The molecule has 0 aliphatic carbocycles. The van der Waals surface area contributed by atoms with E-state index >= 15 is 0 Å². The molecular weight excluding hydrogens is 350 g/mol. The van der Waals surface area contributed by atoms with E-state index in [1.54, 1.807) is 35.7 Å². The number of hydrogen-bond donors (Lipinski definition) is 1. The van der Waals surface area contributed by atoms with E-state index in [-0.39, 0.29) is 35.4 Å². The Hall–Kier alpha value is -1.54. The summed E-state index contributed by atoms with van der Waals surface area (Å²) in [6.45, 7) is 2.10. The number of nitrogens with zero attached hydrogens (tertiary/aromatic N) is 1. The Morgan fingerprint density at radius 3 is 2.79 bits per heavy atom. The van der Waals surface area contributed by atoms with Gasteiger partial charge >= 0.3 is 5.97 Å². The third-order valence-electron chi connectivity index (χ3n) is 3.95.